The van der Waals surface area contributed by atoms with Crippen LogP contribution in [0.1, 0.15) is 13.8 Å². The number of aliphatic carboxylic acids is 2. The third-order valence-electron chi connectivity index (χ3n) is 0. The molecule has 0 aromatic heterocycles. The maximum Gasteiger partial charge on any atom is 2.00 e. The predicted octanol–water partition coefficient (Wildman–Crippen LogP) is -2.41. The molecule has 0 heterocycles. The average molecular weight is 186 g/mol. The normalized spacial score (nSPS) is 5.00. The topological polar surface area (TPSA) is 80.3 Å². The second-order valence-corrected chi connectivity index (χ2v) is 0.983. The summed E-state index contributed by atoms with van der Waals surface area (Å²) in [5.41, 5.74) is 0. The molecule has 0 spiro atoms. The Kier molecular flexibility index (Phi) is 35.9. The summed E-state index contributed by atoms with van der Waals surface area (Å²) < 4.78 is 0. The van der Waals surface area contributed by atoms with Gasteiger partial charge in [-0.1, -0.05) is 0 Å². The summed E-state index contributed by atoms with van der Waals surface area (Å²) >= 11 is 0. The van der Waals surface area contributed by atoms with E-state index in [-0.39, 0.29) is 24.5 Å². The summed E-state index contributed by atoms with van der Waals surface area (Å²) in [5.74, 6) is -2.17. The average Bonchev–Trinajstić information content (AvgIpc) is 1.25. The van der Waals surface area contributed by atoms with Crippen molar-refractivity contribution in [2.75, 3.05) is 0 Å². The van der Waals surface area contributed by atoms with Gasteiger partial charge in [-0.2, -0.15) is 0 Å². The number of carbonyl (C=O) groups is 2. The van der Waals surface area contributed by atoms with E-state index in [1.165, 1.54) is 0 Å². The summed E-state index contributed by atoms with van der Waals surface area (Å²) in [6.07, 6.45) is 0. The molecule has 0 bridgehead atoms. The first-order chi connectivity index (χ1) is 3.46. The van der Waals surface area contributed by atoms with Crippen molar-refractivity contribution in [1.82, 2.24) is 0 Å². The molecule has 0 atom stereocenters. The van der Waals surface area contributed by atoms with Crippen LogP contribution in [0.3, 0.4) is 0 Å². The molecule has 0 aliphatic carbocycles. The van der Waals surface area contributed by atoms with E-state index in [2.05, 4.69) is 0 Å². The molecule has 4 nitrogen and oxygen atoms in total. The van der Waals surface area contributed by atoms with Gasteiger partial charge in [-0.05, 0) is 13.8 Å². The molecule has 58 valence electrons. The number of carboxylic acid groups (broad SMARTS) is 2. The van der Waals surface area contributed by atoms with Gasteiger partial charge in [-0.15, -0.1) is 0 Å². The fourth-order valence-corrected chi connectivity index (χ4v) is 0. The molecule has 0 aromatic rings. The molecule has 0 unspecified atom stereocenters. The van der Waals surface area contributed by atoms with Crippen LogP contribution >= 0.6 is 0 Å². The molecule has 4 radical (unpaired) electrons. The second-order valence-electron chi connectivity index (χ2n) is 0.983. The number of carboxylic acids is 2. The van der Waals surface area contributed by atoms with Crippen LogP contribution in [0.15, 0.2) is 0 Å². The molecular formula is C5H6FeO4. The Balaban J connectivity index is -0.0000000300. The molecule has 0 fully saturated rings. The summed E-state index contributed by atoms with van der Waals surface area (Å²) in [4.78, 5) is 17.8. The van der Waals surface area contributed by atoms with E-state index in [9.17, 15) is 0 Å². The Labute approximate surface area is 70.7 Å². The van der Waals surface area contributed by atoms with E-state index >= 15 is 0 Å². The van der Waals surface area contributed by atoms with Crippen LogP contribution in [-0.2, 0) is 26.7 Å². The van der Waals surface area contributed by atoms with Crippen molar-refractivity contribution in [2.24, 2.45) is 0 Å². The van der Waals surface area contributed by atoms with Crippen LogP contribution in [0.4, 0.5) is 0 Å². The van der Waals surface area contributed by atoms with Crippen LogP contribution < -0.4 is 10.2 Å². The molecule has 0 N–H and O–H groups in total. The third-order valence-corrected chi connectivity index (χ3v) is 0. The Hall–Kier alpha value is -0.541. The van der Waals surface area contributed by atoms with Crippen molar-refractivity contribution in [1.29, 1.82) is 0 Å². The van der Waals surface area contributed by atoms with Crippen LogP contribution in [0, 0.1) is 7.43 Å². The Morgan fingerprint density at radius 2 is 1.00 bits per heavy atom. The minimum atomic E-state index is -1.08. The van der Waals surface area contributed by atoms with E-state index in [1.807, 2.05) is 0 Å². The van der Waals surface area contributed by atoms with Gasteiger partial charge in [0, 0.05) is 19.4 Å². The van der Waals surface area contributed by atoms with Gasteiger partial charge in [0.1, 0.15) is 0 Å². The maximum absolute atomic E-state index is 8.89. The van der Waals surface area contributed by atoms with Gasteiger partial charge in [0.2, 0.25) is 0 Å². The van der Waals surface area contributed by atoms with Crippen molar-refractivity contribution in [3.8, 4) is 0 Å². The van der Waals surface area contributed by atoms with Gasteiger partial charge in [0.25, 0.3) is 0 Å². The maximum atomic E-state index is 8.89. The summed E-state index contributed by atoms with van der Waals surface area (Å²) in [5, 5.41) is 17.8. The van der Waals surface area contributed by atoms with Crippen molar-refractivity contribution in [3.63, 3.8) is 0 Å². The quantitative estimate of drug-likeness (QED) is 0.394. The minimum absolute atomic E-state index is 0. The zero-order valence-electron chi connectivity index (χ0n) is 5.49. The van der Waals surface area contributed by atoms with Crippen molar-refractivity contribution in [3.05, 3.63) is 7.43 Å². The third kappa shape index (κ3) is 1070. The number of rotatable bonds is 0. The van der Waals surface area contributed by atoms with E-state index in [1.54, 1.807) is 0 Å². The van der Waals surface area contributed by atoms with E-state index < -0.39 is 11.9 Å². The van der Waals surface area contributed by atoms with Crippen LogP contribution in [0.2, 0.25) is 0 Å². The predicted molar refractivity (Wildman–Crippen MR) is 24.6 cm³/mol. The van der Waals surface area contributed by atoms with Crippen molar-refractivity contribution in [2.45, 2.75) is 13.8 Å². The molecular weight excluding hydrogens is 180 g/mol. The van der Waals surface area contributed by atoms with Gasteiger partial charge >= 0.3 is 17.1 Å². The zero-order valence-corrected chi connectivity index (χ0v) is 6.59. The molecule has 0 amide bonds. The van der Waals surface area contributed by atoms with E-state index in [0.29, 0.717) is 0 Å². The number of hydrogen-bond acceptors (Lipinski definition) is 4. The Morgan fingerprint density at radius 3 is 1.00 bits per heavy atom. The van der Waals surface area contributed by atoms with Gasteiger partial charge < -0.3 is 19.8 Å². The number of carbonyl (C=O) groups excluding carboxylic acids is 2. The zero-order chi connectivity index (χ0) is 7.15. The number of hydrogen-bond donors (Lipinski definition) is 0. The van der Waals surface area contributed by atoms with Crippen LogP contribution in [-0.4, -0.2) is 11.9 Å². The standard InChI is InChI=1S/2C2H4O2.C.Fe/c2*1-2(3)4;;/h2*1H3,(H,3,4);;/q;;;+2/p-2. The molecule has 0 saturated heterocycles. The monoisotopic (exact) mass is 186 g/mol. The summed E-state index contributed by atoms with van der Waals surface area (Å²) in [6, 6.07) is 0. The second kappa shape index (κ2) is 15.8. The van der Waals surface area contributed by atoms with Crippen LogP contribution in [0.5, 0.6) is 0 Å². The van der Waals surface area contributed by atoms with Gasteiger partial charge in [0.05, 0.1) is 0 Å². The van der Waals surface area contributed by atoms with E-state index in [4.69, 9.17) is 19.8 Å². The SMILES string of the molecule is CC(=O)[O-].CC(=O)[O-].[C].[Fe+2]. The van der Waals surface area contributed by atoms with Crippen molar-refractivity contribution < 1.29 is 36.9 Å². The Bertz CT molecular complexity index is 71.6. The van der Waals surface area contributed by atoms with Gasteiger partial charge in [-0.25, -0.2) is 0 Å². The molecule has 0 aliphatic heterocycles. The van der Waals surface area contributed by atoms with Gasteiger partial charge in [-0.3, -0.25) is 0 Å². The molecule has 0 aliphatic rings. The van der Waals surface area contributed by atoms with Crippen molar-refractivity contribution >= 4 is 11.9 Å². The van der Waals surface area contributed by atoms with Gasteiger partial charge in [0.15, 0.2) is 0 Å². The Morgan fingerprint density at radius 1 is 1.00 bits per heavy atom. The largest absolute Gasteiger partial charge is 2.00 e. The van der Waals surface area contributed by atoms with Crippen LogP contribution in [0.25, 0.3) is 0 Å². The molecule has 5 heteroatoms. The molecule has 0 rings (SSSR count). The fourth-order valence-electron chi connectivity index (χ4n) is 0. The fraction of sp³-hybridized carbons (Fsp3) is 0.400. The minimum Gasteiger partial charge on any atom is -0.550 e. The molecule has 0 aromatic carbocycles. The molecule has 10 heavy (non-hydrogen) atoms. The van der Waals surface area contributed by atoms with E-state index in [0.717, 1.165) is 13.8 Å². The first-order valence-electron chi connectivity index (χ1n) is 1.82. The molecule has 0 saturated carbocycles. The summed E-state index contributed by atoms with van der Waals surface area (Å²) in [7, 11) is 0. The first kappa shape index (κ1) is 22.7. The summed E-state index contributed by atoms with van der Waals surface area (Å²) in [6.45, 7) is 1.94. The smallest absolute Gasteiger partial charge is 0.550 e. The first-order valence-corrected chi connectivity index (χ1v) is 1.82.